The van der Waals surface area contributed by atoms with Crippen LogP contribution in [0.3, 0.4) is 0 Å². The van der Waals surface area contributed by atoms with Crippen molar-refractivity contribution in [2.24, 2.45) is 7.05 Å². The summed E-state index contributed by atoms with van der Waals surface area (Å²) >= 11 is 6.77. The molecule has 8 nitrogen and oxygen atoms in total. The molecule has 0 aliphatic carbocycles. The number of aromatic nitrogens is 5. The molecule has 0 spiro atoms. The van der Waals surface area contributed by atoms with Crippen molar-refractivity contribution >= 4 is 29.1 Å². The Hall–Kier alpha value is -1.74. The number of aryl methyl sites for hydroxylation is 2. The molecule has 0 atom stereocenters. The minimum absolute atomic E-state index is 0.0375. The van der Waals surface area contributed by atoms with Crippen LogP contribution in [0.2, 0.25) is 5.28 Å². The maximum absolute atomic E-state index is 11.1. The molecule has 0 unspecified atom stereocenters. The minimum Gasteiger partial charge on any atom is -0.309 e. The zero-order chi connectivity index (χ0) is 14.2. The molecule has 0 saturated heterocycles. The first-order chi connectivity index (χ1) is 8.90. The molecule has 2 rings (SSSR count). The highest BCUT2D eigenvalue weighted by Gasteiger charge is 2.24. The maximum atomic E-state index is 11.1. The quantitative estimate of drug-likeness (QED) is 0.369. The SMILES string of the molecule is Cc1nc(Cl)nc(Sc2nnc(C)n2C)c1[N+](=O)[O-]. The molecule has 2 aromatic rings. The fourth-order valence-corrected chi connectivity index (χ4v) is 2.59. The summed E-state index contributed by atoms with van der Waals surface area (Å²) in [6, 6.07) is 0. The third kappa shape index (κ3) is 2.66. The summed E-state index contributed by atoms with van der Waals surface area (Å²) in [6.07, 6.45) is 0. The van der Waals surface area contributed by atoms with Crippen LogP contribution >= 0.6 is 23.4 Å². The monoisotopic (exact) mass is 300 g/mol. The Bertz CT molecular complexity index is 658. The van der Waals surface area contributed by atoms with Gasteiger partial charge in [-0.1, -0.05) is 0 Å². The Kier molecular flexibility index (Phi) is 3.67. The van der Waals surface area contributed by atoms with Crippen LogP contribution in [-0.4, -0.2) is 29.7 Å². The Labute approximate surface area is 117 Å². The number of halogens is 1. The van der Waals surface area contributed by atoms with Crippen LogP contribution in [0.25, 0.3) is 0 Å². The molecule has 10 heteroatoms. The maximum Gasteiger partial charge on any atom is 0.322 e. The Morgan fingerprint density at radius 1 is 1.32 bits per heavy atom. The standard InChI is InChI=1S/C9H9ClN6O2S/c1-4-6(16(17)18)7(12-8(10)11-4)19-9-14-13-5(2)15(9)3/h1-3H3. The molecule has 0 fully saturated rings. The van der Waals surface area contributed by atoms with E-state index in [4.69, 9.17) is 11.6 Å². The van der Waals surface area contributed by atoms with E-state index in [1.807, 2.05) is 0 Å². The van der Waals surface area contributed by atoms with Gasteiger partial charge in [0.05, 0.1) is 4.92 Å². The second-order valence-corrected chi connectivity index (χ2v) is 4.97. The van der Waals surface area contributed by atoms with Crippen molar-refractivity contribution in [3.63, 3.8) is 0 Å². The van der Waals surface area contributed by atoms with Gasteiger partial charge in [0, 0.05) is 7.05 Å². The normalized spacial score (nSPS) is 10.7. The van der Waals surface area contributed by atoms with Crippen molar-refractivity contribution in [1.82, 2.24) is 24.7 Å². The van der Waals surface area contributed by atoms with Crippen molar-refractivity contribution in [2.75, 3.05) is 0 Å². The second kappa shape index (κ2) is 5.10. The predicted molar refractivity (Wildman–Crippen MR) is 68.3 cm³/mol. The highest BCUT2D eigenvalue weighted by Crippen LogP contribution is 2.34. The van der Waals surface area contributed by atoms with E-state index in [1.54, 1.807) is 18.5 Å². The smallest absolute Gasteiger partial charge is 0.309 e. The molecule has 0 aromatic carbocycles. The van der Waals surface area contributed by atoms with Crippen LogP contribution in [0.15, 0.2) is 10.2 Å². The largest absolute Gasteiger partial charge is 0.322 e. The van der Waals surface area contributed by atoms with Crippen LogP contribution in [0.5, 0.6) is 0 Å². The predicted octanol–water partition coefficient (Wildman–Crippen LogP) is 1.93. The van der Waals surface area contributed by atoms with E-state index in [0.29, 0.717) is 11.0 Å². The molecular formula is C9H9ClN6O2S. The van der Waals surface area contributed by atoms with Gasteiger partial charge in [0.15, 0.2) is 10.2 Å². The molecule has 2 aromatic heterocycles. The second-order valence-electron chi connectivity index (χ2n) is 3.68. The van der Waals surface area contributed by atoms with E-state index in [9.17, 15) is 10.1 Å². The lowest BCUT2D eigenvalue weighted by atomic mass is 10.4. The van der Waals surface area contributed by atoms with Crippen molar-refractivity contribution in [3.8, 4) is 0 Å². The van der Waals surface area contributed by atoms with Gasteiger partial charge in [-0.15, -0.1) is 10.2 Å². The molecule has 0 N–H and O–H groups in total. The van der Waals surface area contributed by atoms with E-state index >= 15 is 0 Å². The van der Waals surface area contributed by atoms with Crippen LogP contribution < -0.4 is 0 Å². The number of nitrogens with zero attached hydrogens (tertiary/aromatic N) is 6. The fourth-order valence-electron chi connectivity index (χ4n) is 1.35. The first-order valence-corrected chi connectivity index (χ1v) is 6.32. The number of hydrogen-bond acceptors (Lipinski definition) is 7. The number of hydrogen-bond donors (Lipinski definition) is 0. The van der Waals surface area contributed by atoms with Crippen molar-refractivity contribution in [3.05, 3.63) is 26.9 Å². The molecule has 0 bridgehead atoms. The van der Waals surface area contributed by atoms with E-state index in [-0.39, 0.29) is 21.7 Å². The van der Waals surface area contributed by atoms with Gasteiger partial charge in [-0.2, -0.15) is 0 Å². The molecule has 0 saturated carbocycles. The zero-order valence-corrected chi connectivity index (χ0v) is 11.9. The van der Waals surface area contributed by atoms with Crippen LogP contribution in [0, 0.1) is 24.0 Å². The summed E-state index contributed by atoms with van der Waals surface area (Å²) < 4.78 is 1.71. The molecule has 100 valence electrons. The molecule has 0 aliphatic rings. The van der Waals surface area contributed by atoms with E-state index in [2.05, 4.69) is 20.2 Å². The number of nitro groups is 1. The third-order valence-corrected chi connectivity index (χ3v) is 3.61. The number of rotatable bonds is 3. The van der Waals surface area contributed by atoms with Gasteiger partial charge in [-0.3, -0.25) is 10.1 Å². The van der Waals surface area contributed by atoms with Crippen molar-refractivity contribution < 1.29 is 4.92 Å². The molecule has 0 amide bonds. The summed E-state index contributed by atoms with van der Waals surface area (Å²) in [4.78, 5) is 18.2. The summed E-state index contributed by atoms with van der Waals surface area (Å²) in [5.74, 6) is 0.696. The van der Waals surface area contributed by atoms with Gasteiger partial charge >= 0.3 is 5.69 Å². The summed E-state index contributed by atoms with van der Waals surface area (Å²) in [5.41, 5.74) is 0.0430. The van der Waals surface area contributed by atoms with Gasteiger partial charge in [0.25, 0.3) is 0 Å². The lowest BCUT2D eigenvalue weighted by Gasteiger charge is -2.04. The van der Waals surface area contributed by atoms with Gasteiger partial charge in [-0.05, 0) is 37.2 Å². The van der Waals surface area contributed by atoms with Crippen LogP contribution in [0.4, 0.5) is 5.69 Å². The van der Waals surface area contributed by atoms with E-state index < -0.39 is 4.92 Å². The van der Waals surface area contributed by atoms with Crippen LogP contribution in [-0.2, 0) is 7.05 Å². The first-order valence-electron chi connectivity index (χ1n) is 5.12. The van der Waals surface area contributed by atoms with E-state index in [0.717, 1.165) is 11.8 Å². The molecular weight excluding hydrogens is 292 g/mol. The molecule has 0 aliphatic heterocycles. The fraction of sp³-hybridized carbons (Fsp3) is 0.333. The Balaban J connectivity index is 2.50. The van der Waals surface area contributed by atoms with Gasteiger partial charge < -0.3 is 4.57 Å². The summed E-state index contributed by atoms with van der Waals surface area (Å²) in [6.45, 7) is 3.29. The first kappa shape index (κ1) is 13.7. The lowest BCUT2D eigenvalue weighted by molar-refractivity contribution is -0.389. The van der Waals surface area contributed by atoms with Crippen molar-refractivity contribution in [2.45, 2.75) is 24.0 Å². The minimum atomic E-state index is -0.531. The van der Waals surface area contributed by atoms with Gasteiger partial charge in [-0.25, -0.2) is 9.97 Å². The third-order valence-electron chi connectivity index (χ3n) is 2.42. The summed E-state index contributed by atoms with van der Waals surface area (Å²) in [5, 5.41) is 19.5. The van der Waals surface area contributed by atoms with E-state index in [1.165, 1.54) is 6.92 Å². The molecule has 19 heavy (non-hydrogen) atoms. The topological polar surface area (TPSA) is 99.6 Å². The van der Waals surface area contributed by atoms with Gasteiger partial charge in [0.1, 0.15) is 11.5 Å². The zero-order valence-electron chi connectivity index (χ0n) is 10.3. The Morgan fingerprint density at radius 2 is 2.00 bits per heavy atom. The van der Waals surface area contributed by atoms with Crippen molar-refractivity contribution in [1.29, 1.82) is 0 Å². The highest BCUT2D eigenvalue weighted by atomic mass is 35.5. The molecule has 2 heterocycles. The average Bonchev–Trinajstić information content (AvgIpc) is 2.59. The molecule has 0 radical (unpaired) electrons. The summed E-state index contributed by atoms with van der Waals surface area (Å²) in [7, 11) is 1.76. The average molecular weight is 301 g/mol. The van der Waals surface area contributed by atoms with Crippen LogP contribution in [0.1, 0.15) is 11.5 Å². The highest BCUT2D eigenvalue weighted by molar-refractivity contribution is 7.99. The lowest BCUT2D eigenvalue weighted by Crippen LogP contribution is -2.01. The van der Waals surface area contributed by atoms with Gasteiger partial charge in [0.2, 0.25) is 5.28 Å². The Morgan fingerprint density at radius 3 is 2.53 bits per heavy atom.